The Morgan fingerprint density at radius 2 is 1.95 bits per heavy atom. The molecule has 1 atom stereocenters. The fourth-order valence-corrected chi connectivity index (χ4v) is 2.46. The Bertz CT molecular complexity index is 530. The number of carbonyl (C=O) groups excluding carboxylic acids is 1. The Kier molecular flexibility index (Phi) is 5.29. The molecule has 0 aliphatic rings. The van der Waals surface area contributed by atoms with Crippen LogP contribution >= 0.6 is 0 Å². The van der Waals surface area contributed by atoms with Gasteiger partial charge in [-0.25, -0.2) is 8.42 Å². The highest BCUT2D eigenvalue weighted by atomic mass is 32.2. The molecule has 19 heavy (non-hydrogen) atoms. The van der Waals surface area contributed by atoms with E-state index in [9.17, 15) is 13.2 Å². The van der Waals surface area contributed by atoms with Crippen molar-refractivity contribution in [3.63, 3.8) is 0 Å². The third-order valence-electron chi connectivity index (χ3n) is 3.43. The number of sulfone groups is 1. The molecule has 0 aliphatic heterocycles. The second-order valence-electron chi connectivity index (χ2n) is 4.87. The number of nitrogens with zero attached hydrogens (tertiary/aromatic N) is 2. The summed E-state index contributed by atoms with van der Waals surface area (Å²) in [5.41, 5.74) is 0.632. The number of rotatable bonds is 7. The minimum Gasteiger partial charge on any atom is -0.298 e. The van der Waals surface area contributed by atoms with Gasteiger partial charge in [-0.1, -0.05) is 13.8 Å². The first-order valence-electron chi connectivity index (χ1n) is 6.55. The van der Waals surface area contributed by atoms with Gasteiger partial charge >= 0.3 is 0 Å². The van der Waals surface area contributed by atoms with Crippen molar-refractivity contribution < 1.29 is 13.2 Å². The summed E-state index contributed by atoms with van der Waals surface area (Å²) in [6.07, 6.45) is 4.96. The molecule has 1 aromatic heterocycles. The fourth-order valence-electron chi connectivity index (χ4n) is 1.90. The number of Topliss-reactive ketones (excluding diaryl/α,β-unsaturated/α-hetero) is 1. The third kappa shape index (κ3) is 4.16. The largest absolute Gasteiger partial charge is 0.298 e. The summed E-state index contributed by atoms with van der Waals surface area (Å²) in [5, 5.41) is 3.39. The summed E-state index contributed by atoms with van der Waals surface area (Å²) in [4.78, 5) is 11.8. The van der Waals surface area contributed by atoms with Crippen molar-refractivity contribution in [2.75, 3.05) is 6.26 Å². The molecule has 0 saturated heterocycles. The molecule has 1 heterocycles. The standard InChI is InChI=1S/C13H22N2O3S/c1-5-12(6-2)15-8-7-11(14-15)9-13(16)10(3)19(4,17)18/h7-8,10,12H,5-6,9H2,1-4H3. The second kappa shape index (κ2) is 6.32. The third-order valence-corrected chi connectivity index (χ3v) is 4.98. The summed E-state index contributed by atoms with van der Waals surface area (Å²) in [6.45, 7) is 5.61. The van der Waals surface area contributed by atoms with Crippen LogP contribution in [0.15, 0.2) is 12.3 Å². The molecule has 1 unspecified atom stereocenters. The number of aromatic nitrogens is 2. The van der Waals surface area contributed by atoms with Crippen LogP contribution in [0.5, 0.6) is 0 Å². The molecule has 0 aliphatic carbocycles. The Balaban J connectivity index is 2.77. The van der Waals surface area contributed by atoms with E-state index in [4.69, 9.17) is 0 Å². The molecule has 0 radical (unpaired) electrons. The Morgan fingerprint density at radius 1 is 1.37 bits per heavy atom. The maximum atomic E-state index is 11.8. The number of ketones is 1. The number of hydrogen-bond donors (Lipinski definition) is 0. The van der Waals surface area contributed by atoms with Crippen LogP contribution in [-0.4, -0.2) is 35.5 Å². The molecular formula is C13H22N2O3S. The highest BCUT2D eigenvalue weighted by molar-refractivity contribution is 7.92. The lowest BCUT2D eigenvalue weighted by Crippen LogP contribution is -2.27. The molecule has 0 saturated carbocycles. The van der Waals surface area contributed by atoms with Crippen LogP contribution in [0.2, 0.25) is 0 Å². The van der Waals surface area contributed by atoms with Crippen molar-refractivity contribution in [2.24, 2.45) is 0 Å². The van der Waals surface area contributed by atoms with Gasteiger partial charge in [0.15, 0.2) is 15.6 Å². The highest BCUT2D eigenvalue weighted by Crippen LogP contribution is 2.15. The van der Waals surface area contributed by atoms with Gasteiger partial charge in [-0.15, -0.1) is 0 Å². The molecule has 1 rings (SSSR count). The average Bonchev–Trinajstić information content (AvgIpc) is 2.77. The van der Waals surface area contributed by atoms with Crippen molar-refractivity contribution in [2.45, 2.75) is 51.3 Å². The molecule has 0 spiro atoms. The Hall–Kier alpha value is -1.17. The van der Waals surface area contributed by atoms with Crippen LogP contribution in [-0.2, 0) is 21.1 Å². The van der Waals surface area contributed by atoms with Crippen LogP contribution in [0.25, 0.3) is 0 Å². The van der Waals surface area contributed by atoms with Crippen LogP contribution < -0.4 is 0 Å². The first-order chi connectivity index (χ1) is 8.79. The molecule has 0 amide bonds. The predicted octanol–water partition coefficient (Wildman–Crippen LogP) is 1.79. The molecule has 0 aromatic carbocycles. The van der Waals surface area contributed by atoms with Crippen molar-refractivity contribution >= 4 is 15.6 Å². The quantitative estimate of drug-likeness (QED) is 0.766. The van der Waals surface area contributed by atoms with E-state index < -0.39 is 15.1 Å². The summed E-state index contributed by atoms with van der Waals surface area (Å²) in [5.74, 6) is -0.308. The van der Waals surface area contributed by atoms with E-state index in [1.54, 1.807) is 6.07 Å². The average molecular weight is 286 g/mol. The highest BCUT2D eigenvalue weighted by Gasteiger charge is 2.24. The van der Waals surface area contributed by atoms with Crippen molar-refractivity contribution in [1.29, 1.82) is 0 Å². The summed E-state index contributed by atoms with van der Waals surface area (Å²) >= 11 is 0. The number of hydrogen-bond acceptors (Lipinski definition) is 4. The first kappa shape index (κ1) is 15.9. The summed E-state index contributed by atoms with van der Waals surface area (Å²) in [6, 6.07) is 2.11. The molecule has 0 bridgehead atoms. The summed E-state index contributed by atoms with van der Waals surface area (Å²) < 4.78 is 24.5. The van der Waals surface area contributed by atoms with E-state index >= 15 is 0 Å². The van der Waals surface area contributed by atoms with Crippen LogP contribution in [0.4, 0.5) is 0 Å². The van der Waals surface area contributed by atoms with E-state index in [1.807, 2.05) is 10.9 Å². The van der Waals surface area contributed by atoms with Gasteiger partial charge in [-0.05, 0) is 25.8 Å². The molecular weight excluding hydrogens is 264 g/mol. The van der Waals surface area contributed by atoms with Gasteiger partial charge in [0.05, 0.1) is 18.2 Å². The van der Waals surface area contributed by atoms with Gasteiger partial charge in [0.25, 0.3) is 0 Å². The molecule has 5 nitrogen and oxygen atoms in total. The lowest BCUT2D eigenvalue weighted by atomic mass is 10.2. The minimum absolute atomic E-state index is 0.0708. The smallest absolute Gasteiger partial charge is 0.157 e. The zero-order chi connectivity index (χ0) is 14.6. The van der Waals surface area contributed by atoms with E-state index in [0.717, 1.165) is 19.1 Å². The Morgan fingerprint density at radius 3 is 2.42 bits per heavy atom. The molecule has 0 N–H and O–H groups in total. The van der Waals surface area contributed by atoms with E-state index in [1.165, 1.54) is 6.92 Å². The lowest BCUT2D eigenvalue weighted by Gasteiger charge is -2.12. The van der Waals surface area contributed by atoms with Crippen molar-refractivity contribution in [3.8, 4) is 0 Å². The topological polar surface area (TPSA) is 69.0 Å². The zero-order valence-electron chi connectivity index (χ0n) is 12.0. The Labute approximate surface area is 114 Å². The van der Waals surface area contributed by atoms with Gasteiger partial charge in [0, 0.05) is 12.5 Å². The number of carbonyl (C=O) groups is 1. The van der Waals surface area contributed by atoms with Gasteiger partial charge < -0.3 is 0 Å². The zero-order valence-corrected chi connectivity index (χ0v) is 12.8. The molecule has 6 heteroatoms. The van der Waals surface area contributed by atoms with Gasteiger partial charge in [0.1, 0.15) is 5.25 Å². The van der Waals surface area contributed by atoms with Crippen LogP contribution in [0, 0.1) is 0 Å². The minimum atomic E-state index is -3.33. The second-order valence-corrected chi connectivity index (χ2v) is 7.24. The molecule has 108 valence electrons. The van der Waals surface area contributed by atoms with E-state index in [2.05, 4.69) is 18.9 Å². The molecule has 1 aromatic rings. The predicted molar refractivity (Wildman–Crippen MR) is 74.9 cm³/mol. The molecule has 0 fully saturated rings. The normalized spacial score (nSPS) is 13.7. The van der Waals surface area contributed by atoms with Crippen molar-refractivity contribution in [3.05, 3.63) is 18.0 Å². The van der Waals surface area contributed by atoms with Gasteiger partial charge in [0.2, 0.25) is 0 Å². The van der Waals surface area contributed by atoms with Crippen LogP contribution in [0.3, 0.4) is 0 Å². The summed E-state index contributed by atoms with van der Waals surface area (Å²) in [7, 11) is -3.33. The maximum absolute atomic E-state index is 11.8. The maximum Gasteiger partial charge on any atom is 0.157 e. The van der Waals surface area contributed by atoms with E-state index in [0.29, 0.717) is 11.7 Å². The van der Waals surface area contributed by atoms with Crippen molar-refractivity contribution in [1.82, 2.24) is 9.78 Å². The fraction of sp³-hybridized carbons (Fsp3) is 0.692. The van der Waals surface area contributed by atoms with Gasteiger partial charge in [-0.3, -0.25) is 9.48 Å². The van der Waals surface area contributed by atoms with Gasteiger partial charge in [-0.2, -0.15) is 5.10 Å². The van der Waals surface area contributed by atoms with Crippen LogP contribution in [0.1, 0.15) is 45.3 Å². The SMILES string of the molecule is CCC(CC)n1ccc(CC(=O)C(C)S(C)(=O)=O)n1. The lowest BCUT2D eigenvalue weighted by molar-refractivity contribution is -0.117. The monoisotopic (exact) mass is 286 g/mol. The van der Waals surface area contributed by atoms with E-state index in [-0.39, 0.29) is 12.2 Å². The first-order valence-corrected chi connectivity index (χ1v) is 8.50.